The Morgan fingerprint density at radius 1 is 1.19 bits per heavy atom. The van der Waals surface area contributed by atoms with E-state index in [0.29, 0.717) is 16.4 Å². The SMILES string of the molecule is CCCCCc1nc2ccc(Nc3nc(-c4cccnc4)c(F)s3)cc2o1. The van der Waals surface area contributed by atoms with Crippen molar-refractivity contribution in [3.8, 4) is 11.3 Å². The number of oxazole rings is 1. The maximum atomic E-state index is 14.3. The van der Waals surface area contributed by atoms with E-state index in [1.807, 2.05) is 18.2 Å². The molecule has 0 spiro atoms. The van der Waals surface area contributed by atoms with Gasteiger partial charge in [-0.1, -0.05) is 31.1 Å². The summed E-state index contributed by atoms with van der Waals surface area (Å²) in [5.74, 6) is 0.759. The Kier molecular flexibility index (Phi) is 5.11. The van der Waals surface area contributed by atoms with Gasteiger partial charge in [0.25, 0.3) is 0 Å². The first kappa shape index (κ1) is 17.6. The molecule has 4 rings (SSSR count). The van der Waals surface area contributed by atoms with E-state index in [2.05, 4.69) is 27.2 Å². The van der Waals surface area contributed by atoms with Crippen LogP contribution in [0.15, 0.2) is 47.1 Å². The van der Waals surface area contributed by atoms with Crippen molar-refractivity contribution in [1.82, 2.24) is 15.0 Å². The number of halogens is 1. The molecule has 1 N–H and O–H groups in total. The summed E-state index contributed by atoms with van der Waals surface area (Å²) in [5.41, 5.74) is 3.28. The number of fused-ring (bicyclic) bond motifs is 1. The topological polar surface area (TPSA) is 63.8 Å². The summed E-state index contributed by atoms with van der Waals surface area (Å²) < 4.78 is 20.1. The second-order valence-electron chi connectivity index (χ2n) is 6.26. The molecule has 0 aliphatic carbocycles. The van der Waals surface area contributed by atoms with Gasteiger partial charge in [-0.3, -0.25) is 4.98 Å². The number of unbranched alkanes of at least 4 members (excludes halogenated alkanes) is 2. The van der Waals surface area contributed by atoms with Crippen molar-refractivity contribution in [1.29, 1.82) is 0 Å². The molecular formula is C20H19FN4OS. The molecule has 0 saturated carbocycles. The Morgan fingerprint density at radius 2 is 2.11 bits per heavy atom. The summed E-state index contributed by atoms with van der Waals surface area (Å²) in [5, 5.41) is 3.28. The minimum atomic E-state index is -0.343. The highest BCUT2D eigenvalue weighted by molar-refractivity contribution is 7.14. The number of aromatic nitrogens is 3. The van der Waals surface area contributed by atoms with Crippen LogP contribution in [0.4, 0.5) is 15.2 Å². The predicted octanol–water partition coefficient (Wildman–Crippen LogP) is 5.96. The van der Waals surface area contributed by atoms with E-state index in [4.69, 9.17) is 4.42 Å². The summed E-state index contributed by atoms with van der Waals surface area (Å²) in [4.78, 5) is 12.9. The van der Waals surface area contributed by atoms with Gasteiger partial charge in [-0.2, -0.15) is 4.39 Å². The van der Waals surface area contributed by atoms with E-state index < -0.39 is 0 Å². The van der Waals surface area contributed by atoms with Crippen LogP contribution in [0, 0.1) is 5.13 Å². The fourth-order valence-corrected chi connectivity index (χ4v) is 3.58. The second-order valence-corrected chi connectivity index (χ2v) is 7.20. The largest absolute Gasteiger partial charge is 0.441 e. The quantitative estimate of drug-likeness (QED) is 0.399. The number of aryl methyl sites for hydroxylation is 1. The standard InChI is InChI=1S/C20H19FN4OS/c1-2-3-4-7-17-24-15-9-8-14(11-16(15)26-17)23-20-25-18(19(21)27-20)13-6-5-10-22-12-13/h5-6,8-12H,2-4,7H2,1H3,(H,23,25). The van der Waals surface area contributed by atoms with Crippen molar-refractivity contribution in [2.45, 2.75) is 32.6 Å². The number of nitrogens with zero attached hydrogens (tertiary/aromatic N) is 3. The number of nitrogens with one attached hydrogen (secondary N) is 1. The maximum absolute atomic E-state index is 14.3. The van der Waals surface area contributed by atoms with E-state index in [0.717, 1.165) is 46.9 Å². The lowest BCUT2D eigenvalue weighted by Crippen LogP contribution is -1.89. The third kappa shape index (κ3) is 3.98. The highest BCUT2D eigenvalue weighted by Gasteiger charge is 2.14. The molecule has 3 aromatic heterocycles. The molecule has 0 aliphatic heterocycles. The fraction of sp³-hybridized carbons (Fsp3) is 0.250. The van der Waals surface area contributed by atoms with E-state index in [9.17, 15) is 4.39 Å². The summed E-state index contributed by atoms with van der Waals surface area (Å²) in [6.45, 7) is 2.17. The molecule has 0 radical (unpaired) electrons. The Labute approximate surface area is 160 Å². The van der Waals surface area contributed by atoms with Crippen LogP contribution in [-0.2, 0) is 6.42 Å². The number of rotatable bonds is 7. The van der Waals surface area contributed by atoms with Gasteiger partial charge in [-0.25, -0.2) is 9.97 Å². The van der Waals surface area contributed by atoms with Gasteiger partial charge in [-0.05, 0) is 30.7 Å². The second kappa shape index (κ2) is 7.84. The molecule has 5 nitrogen and oxygen atoms in total. The molecule has 0 atom stereocenters. The summed E-state index contributed by atoms with van der Waals surface area (Å²) in [6.07, 6.45) is 7.50. The first-order valence-electron chi connectivity index (χ1n) is 8.96. The van der Waals surface area contributed by atoms with Crippen molar-refractivity contribution >= 4 is 33.3 Å². The van der Waals surface area contributed by atoms with Gasteiger partial charge >= 0.3 is 0 Å². The Bertz CT molecular complexity index is 1040. The summed E-state index contributed by atoms with van der Waals surface area (Å²) in [6, 6.07) is 9.21. The molecule has 0 amide bonds. The normalized spacial score (nSPS) is 11.2. The lowest BCUT2D eigenvalue weighted by Gasteiger charge is -2.01. The zero-order valence-corrected chi connectivity index (χ0v) is 15.7. The van der Waals surface area contributed by atoms with Crippen molar-refractivity contribution in [2.75, 3.05) is 5.32 Å². The van der Waals surface area contributed by atoms with Crippen molar-refractivity contribution in [3.05, 3.63) is 53.7 Å². The summed E-state index contributed by atoms with van der Waals surface area (Å²) in [7, 11) is 0. The smallest absolute Gasteiger partial charge is 0.206 e. The minimum absolute atomic E-state index is 0.301. The number of thiazole rings is 1. The van der Waals surface area contributed by atoms with Crippen LogP contribution in [0.2, 0.25) is 0 Å². The van der Waals surface area contributed by atoms with E-state index in [1.165, 1.54) is 12.8 Å². The number of benzene rings is 1. The third-order valence-electron chi connectivity index (χ3n) is 4.20. The van der Waals surface area contributed by atoms with Crippen LogP contribution in [0.5, 0.6) is 0 Å². The van der Waals surface area contributed by atoms with E-state index >= 15 is 0 Å². The van der Waals surface area contributed by atoms with Crippen LogP contribution >= 0.6 is 11.3 Å². The van der Waals surface area contributed by atoms with Crippen LogP contribution < -0.4 is 5.32 Å². The first-order chi connectivity index (χ1) is 13.2. The summed E-state index contributed by atoms with van der Waals surface area (Å²) >= 11 is 0.965. The zero-order chi connectivity index (χ0) is 18.6. The third-order valence-corrected chi connectivity index (χ3v) is 4.96. The van der Waals surface area contributed by atoms with Crippen molar-refractivity contribution < 1.29 is 8.81 Å². The molecule has 0 fully saturated rings. The van der Waals surface area contributed by atoms with Gasteiger partial charge < -0.3 is 9.73 Å². The number of anilines is 2. The number of pyridine rings is 1. The van der Waals surface area contributed by atoms with Gasteiger partial charge in [0.15, 0.2) is 16.6 Å². The van der Waals surface area contributed by atoms with Crippen LogP contribution in [0.3, 0.4) is 0 Å². The highest BCUT2D eigenvalue weighted by atomic mass is 32.1. The first-order valence-corrected chi connectivity index (χ1v) is 9.78. The van der Waals surface area contributed by atoms with Gasteiger partial charge in [0.05, 0.1) is 0 Å². The van der Waals surface area contributed by atoms with Crippen LogP contribution in [-0.4, -0.2) is 15.0 Å². The van der Waals surface area contributed by atoms with Crippen LogP contribution in [0.25, 0.3) is 22.4 Å². The Balaban J connectivity index is 1.53. The predicted molar refractivity (Wildman–Crippen MR) is 106 cm³/mol. The fourth-order valence-electron chi connectivity index (χ4n) is 2.84. The number of hydrogen-bond donors (Lipinski definition) is 1. The van der Waals surface area contributed by atoms with Gasteiger partial charge in [0, 0.05) is 36.1 Å². The average Bonchev–Trinajstić information content (AvgIpc) is 3.25. The molecule has 0 saturated heterocycles. The molecular weight excluding hydrogens is 363 g/mol. The van der Waals surface area contributed by atoms with E-state index in [-0.39, 0.29) is 5.13 Å². The molecule has 7 heteroatoms. The molecule has 138 valence electrons. The Hall–Kier alpha value is -2.80. The molecule has 27 heavy (non-hydrogen) atoms. The van der Waals surface area contributed by atoms with Crippen molar-refractivity contribution in [3.63, 3.8) is 0 Å². The lowest BCUT2D eigenvalue weighted by molar-refractivity contribution is 0.513. The molecule has 0 unspecified atom stereocenters. The lowest BCUT2D eigenvalue weighted by atomic mass is 10.2. The molecule has 0 aliphatic rings. The van der Waals surface area contributed by atoms with Gasteiger partial charge in [-0.15, -0.1) is 0 Å². The van der Waals surface area contributed by atoms with Crippen LogP contribution in [0.1, 0.15) is 32.1 Å². The molecule has 4 aromatic rings. The highest BCUT2D eigenvalue weighted by Crippen LogP contribution is 2.31. The number of hydrogen-bond acceptors (Lipinski definition) is 6. The Morgan fingerprint density at radius 3 is 2.93 bits per heavy atom. The zero-order valence-electron chi connectivity index (χ0n) is 14.9. The van der Waals surface area contributed by atoms with Crippen molar-refractivity contribution in [2.24, 2.45) is 0 Å². The maximum Gasteiger partial charge on any atom is 0.206 e. The molecule has 1 aromatic carbocycles. The van der Waals surface area contributed by atoms with Gasteiger partial charge in [0.2, 0.25) is 5.13 Å². The molecule has 0 bridgehead atoms. The monoisotopic (exact) mass is 382 g/mol. The molecule has 3 heterocycles. The van der Waals surface area contributed by atoms with E-state index in [1.54, 1.807) is 24.5 Å². The average molecular weight is 382 g/mol. The van der Waals surface area contributed by atoms with Gasteiger partial charge in [0.1, 0.15) is 11.2 Å². The minimum Gasteiger partial charge on any atom is -0.441 e.